The van der Waals surface area contributed by atoms with Crippen molar-refractivity contribution in [2.75, 3.05) is 11.1 Å². The molecule has 0 aliphatic heterocycles. The lowest BCUT2D eigenvalue weighted by molar-refractivity contribution is 0.627. The molecule has 0 radical (unpaired) electrons. The smallest absolute Gasteiger partial charge is 0.139 e. The minimum Gasteiger partial charge on any atom is -0.383 e. The van der Waals surface area contributed by atoms with Gasteiger partial charge in [0.2, 0.25) is 0 Å². The number of nitriles is 1. The highest BCUT2D eigenvalue weighted by Crippen LogP contribution is 2.25. The molecule has 1 aromatic carbocycles. The monoisotopic (exact) mass is 271 g/mol. The Bertz CT molecular complexity index is 663. The lowest BCUT2D eigenvalue weighted by atomic mass is 10.1. The van der Waals surface area contributed by atoms with E-state index in [0.717, 1.165) is 18.4 Å². The van der Waals surface area contributed by atoms with Crippen molar-refractivity contribution in [1.29, 1.82) is 5.26 Å². The fraction of sp³-hybridized carbons (Fsp3) is 0.214. The number of hydrogen-bond acceptors (Lipinski definition) is 5. The molecule has 1 aromatic heterocycles. The van der Waals surface area contributed by atoms with E-state index in [0.29, 0.717) is 17.3 Å². The van der Waals surface area contributed by atoms with Gasteiger partial charge in [-0.15, -0.1) is 0 Å². The van der Waals surface area contributed by atoms with E-state index in [9.17, 15) is 4.39 Å². The number of rotatable bonds is 4. The van der Waals surface area contributed by atoms with Crippen LogP contribution in [0.4, 0.5) is 21.7 Å². The maximum Gasteiger partial charge on any atom is 0.139 e. The number of halogens is 1. The average molecular weight is 271 g/mol. The third-order valence-electron chi connectivity index (χ3n) is 2.83. The molecule has 2 rings (SSSR count). The van der Waals surface area contributed by atoms with Crippen LogP contribution in [0.25, 0.3) is 0 Å². The number of aromatic nitrogens is 2. The first kappa shape index (κ1) is 13.7. The molecule has 0 bridgehead atoms. The van der Waals surface area contributed by atoms with E-state index in [4.69, 9.17) is 11.0 Å². The zero-order valence-electron chi connectivity index (χ0n) is 11.0. The topological polar surface area (TPSA) is 87.6 Å². The first-order valence-electron chi connectivity index (χ1n) is 6.21. The molecule has 0 atom stereocenters. The Labute approximate surface area is 116 Å². The molecular formula is C14H14FN5. The number of benzene rings is 1. The standard InChI is InChI=1S/C14H14FN5/c1-2-3-11-13(17)18-8-19-14(11)20-12-5-4-10(15)6-9(12)7-16/h4-6,8H,2-3H2,1H3,(H3,17,18,19,20). The van der Waals surface area contributed by atoms with Gasteiger partial charge in [-0.2, -0.15) is 5.26 Å². The number of nitrogens with one attached hydrogen (secondary N) is 1. The summed E-state index contributed by atoms with van der Waals surface area (Å²) in [7, 11) is 0. The molecule has 3 N–H and O–H groups in total. The van der Waals surface area contributed by atoms with Gasteiger partial charge < -0.3 is 11.1 Å². The highest BCUT2D eigenvalue weighted by atomic mass is 19.1. The van der Waals surface area contributed by atoms with Crippen LogP contribution in [-0.2, 0) is 6.42 Å². The van der Waals surface area contributed by atoms with Crippen LogP contribution < -0.4 is 11.1 Å². The summed E-state index contributed by atoms with van der Waals surface area (Å²) in [5, 5.41) is 12.1. The van der Waals surface area contributed by atoms with Crippen molar-refractivity contribution in [2.45, 2.75) is 19.8 Å². The lowest BCUT2D eigenvalue weighted by Gasteiger charge is -2.12. The normalized spacial score (nSPS) is 10.1. The van der Waals surface area contributed by atoms with Crippen LogP contribution >= 0.6 is 0 Å². The molecule has 0 saturated heterocycles. The van der Waals surface area contributed by atoms with Crippen molar-refractivity contribution in [2.24, 2.45) is 0 Å². The second-order valence-corrected chi connectivity index (χ2v) is 4.26. The molecule has 2 aromatic rings. The maximum atomic E-state index is 13.1. The predicted molar refractivity (Wildman–Crippen MR) is 74.8 cm³/mol. The second-order valence-electron chi connectivity index (χ2n) is 4.26. The SMILES string of the molecule is CCCc1c(N)ncnc1Nc1ccc(F)cc1C#N. The summed E-state index contributed by atoms with van der Waals surface area (Å²) >= 11 is 0. The van der Waals surface area contributed by atoms with Gasteiger partial charge >= 0.3 is 0 Å². The summed E-state index contributed by atoms with van der Waals surface area (Å²) in [6.07, 6.45) is 2.96. The number of hydrogen-bond donors (Lipinski definition) is 2. The minimum absolute atomic E-state index is 0.213. The molecule has 5 nitrogen and oxygen atoms in total. The van der Waals surface area contributed by atoms with E-state index in [1.165, 1.54) is 24.5 Å². The average Bonchev–Trinajstić information content (AvgIpc) is 2.44. The molecule has 0 unspecified atom stereocenters. The Balaban J connectivity index is 2.40. The van der Waals surface area contributed by atoms with E-state index in [1.807, 2.05) is 13.0 Å². The summed E-state index contributed by atoms with van der Waals surface area (Å²) < 4.78 is 13.1. The minimum atomic E-state index is -0.455. The second kappa shape index (κ2) is 5.97. The largest absolute Gasteiger partial charge is 0.383 e. The van der Waals surface area contributed by atoms with Crippen LogP contribution in [0.1, 0.15) is 24.5 Å². The number of nitrogens with zero attached hydrogens (tertiary/aromatic N) is 3. The van der Waals surface area contributed by atoms with Crippen molar-refractivity contribution in [3.63, 3.8) is 0 Å². The molecule has 20 heavy (non-hydrogen) atoms. The van der Waals surface area contributed by atoms with Crippen LogP contribution in [0.5, 0.6) is 0 Å². The Morgan fingerprint density at radius 2 is 2.20 bits per heavy atom. The van der Waals surface area contributed by atoms with Gasteiger partial charge in [-0.05, 0) is 24.6 Å². The molecule has 0 spiro atoms. The predicted octanol–water partition coefficient (Wildman–Crippen LogP) is 2.77. The highest BCUT2D eigenvalue weighted by Gasteiger charge is 2.11. The van der Waals surface area contributed by atoms with Gasteiger partial charge in [0.25, 0.3) is 0 Å². The van der Waals surface area contributed by atoms with E-state index < -0.39 is 5.82 Å². The number of nitrogens with two attached hydrogens (primary N) is 1. The van der Waals surface area contributed by atoms with Crippen molar-refractivity contribution < 1.29 is 4.39 Å². The lowest BCUT2D eigenvalue weighted by Crippen LogP contribution is -2.06. The van der Waals surface area contributed by atoms with Crippen LogP contribution in [0.15, 0.2) is 24.5 Å². The third-order valence-corrected chi connectivity index (χ3v) is 2.83. The Kier molecular flexibility index (Phi) is 4.11. The van der Waals surface area contributed by atoms with Gasteiger partial charge in [-0.1, -0.05) is 13.3 Å². The first-order valence-corrected chi connectivity index (χ1v) is 6.21. The molecule has 102 valence electrons. The van der Waals surface area contributed by atoms with Crippen molar-refractivity contribution >= 4 is 17.3 Å². The van der Waals surface area contributed by atoms with Crippen LogP contribution in [0.3, 0.4) is 0 Å². The van der Waals surface area contributed by atoms with Crippen LogP contribution in [0, 0.1) is 17.1 Å². The maximum absolute atomic E-state index is 13.1. The fourth-order valence-electron chi connectivity index (χ4n) is 1.88. The van der Waals surface area contributed by atoms with Crippen molar-refractivity contribution in [1.82, 2.24) is 9.97 Å². The third kappa shape index (κ3) is 2.83. The number of anilines is 3. The van der Waals surface area contributed by atoms with Gasteiger partial charge in [0.05, 0.1) is 11.3 Å². The van der Waals surface area contributed by atoms with Crippen LogP contribution in [-0.4, -0.2) is 9.97 Å². The van der Waals surface area contributed by atoms with E-state index >= 15 is 0 Å². The summed E-state index contributed by atoms with van der Waals surface area (Å²) in [5.41, 5.74) is 7.34. The van der Waals surface area contributed by atoms with E-state index in [1.54, 1.807) is 0 Å². The molecule has 6 heteroatoms. The Morgan fingerprint density at radius 3 is 2.90 bits per heavy atom. The van der Waals surface area contributed by atoms with Crippen molar-refractivity contribution in [3.05, 3.63) is 41.5 Å². The molecule has 0 aliphatic rings. The van der Waals surface area contributed by atoms with Gasteiger partial charge in [-0.25, -0.2) is 14.4 Å². The van der Waals surface area contributed by atoms with Gasteiger partial charge in [0.1, 0.15) is 29.8 Å². The molecular weight excluding hydrogens is 257 g/mol. The van der Waals surface area contributed by atoms with Gasteiger partial charge in [0, 0.05) is 5.56 Å². The van der Waals surface area contributed by atoms with Crippen LogP contribution in [0.2, 0.25) is 0 Å². The summed E-state index contributed by atoms with van der Waals surface area (Å²) in [5.74, 6) is 0.496. The highest BCUT2D eigenvalue weighted by molar-refractivity contribution is 5.68. The molecule has 1 heterocycles. The van der Waals surface area contributed by atoms with Gasteiger partial charge in [0.15, 0.2) is 0 Å². The summed E-state index contributed by atoms with van der Waals surface area (Å²) in [6.45, 7) is 2.02. The van der Waals surface area contributed by atoms with Gasteiger partial charge in [-0.3, -0.25) is 0 Å². The summed E-state index contributed by atoms with van der Waals surface area (Å²) in [4.78, 5) is 8.10. The molecule has 0 saturated carbocycles. The quantitative estimate of drug-likeness (QED) is 0.892. The number of nitrogen functional groups attached to an aromatic ring is 1. The Hall–Kier alpha value is -2.68. The molecule has 0 aliphatic carbocycles. The molecule has 0 amide bonds. The Morgan fingerprint density at radius 1 is 1.40 bits per heavy atom. The summed E-state index contributed by atoms with van der Waals surface area (Å²) in [6, 6.07) is 5.91. The van der Waals surface area contributed by atoms with E-state index in [-0.39, 0.29) is 5.56 Å². The first-order chi connectivity index (χ1) is 9.65. The molecule has 0 fully saturated rings. The fourth-order valence-corrected chi connectivity index (χ4v) is 1.88. The van der Waals surface area contributed by atoms with Crippen molar-refractivity contribution in [3.8, 4) is 6.07 Å². The van der Waals surface area contributed by atoms with E-state index in [2.05, 4.69) is 15.3 Å². The zero-order chi connectivity index (χ0) is 14.5. The zero-order valence-corrected chi connectivity index (χ0v) is 11.0.